The number of carbonyl (C=O) groups excluding carboxylic acids is 2. The number of amides is 1. The number of nitrogens with one attached hydrogen (secondary N) is 3. The second-order valence-corrected chi connectivity index (χ2v) is 6.88. The SMILES string of the molecule is CC(=O)c1c[nH]c(/C=C2\C(=O)Nc3ccc(F)c(C#C[C@@H]4C[C@@H](O)CN4)c32)c1. The Labute approximate surface area is 160 Å². The van der Waals surface area contributed by atoms with Gasteiger partial charge in [-0.25, -0.2) is 4.39 Å². The molecule has 28 heavy (non-hydrogen) atoms. The van der Waals surface area contributed by atoms with Crippen molar-refractivity contribution in [1.29, 1.82) is 0 Å². The molecule has 0 aliphatic carbocycles. The average Bonchev–Trinajstić information content (AvgIpc) is 3.35. The number of rotatable bonds is 2. The van der Waals surface area contributed by atoms with E-state index < -0.39 is 11.9 Å². The number of hydrogen-bond donors (Lipinski definition) is 4. The zero-order valence-corrected chi connectivity index (χ0v) is 15.1. The van der Waals surface area contributed by atoms with Gasteiger partial charge >= 0.3 is 0 Å². The van der Waals surface area contributed by atoms with Gasteiger partial charge in [-0.2, -0.15) is 0 Å². The number of aliphatic hydroxyl groups excluding tert-OH is 1. The number of halogens is 1. The number of β-amino-alcohol motifs (C(OH)–C–C–N with tert-alkyl or cyclic N) is 1. The maximum Gasteiger partial charge on any atom is 0.256 e. The van der Waals surface area contributed by atoms with Crippen LogP contribution in [0.5, 0.6) is 0 Å². The van der Waals surface area contributed by atoms with E-state index in [4.69, 9.17) is 0 Å². The number of carbonyl (C=O) groups is 2. The van der Waals surface area contributed by atoms with Crippen LogP contribution in [0.25, 0.3) is 11.6 Å². The topological polar surface area (TPSA) is 94.2 Å². The highest BCUT2D eigenvalue weighted by Gasteiger charge is 2.29. The quantitative estimate of drug-likeness (QED) is 0.364. The maximum atomic E-state index is 14.6. The highest BCUT2D eigenvalue weighted by molar-refractivity contribution is 6.35. The summed E-state index contributed by atoms with van der Waals surface area (Å²) in [4.78, 5) is 26.9. The number of hydrogen-bond acceptors (Lipinski definition) is 4. The molecule has 2 aliphatic rings. The molecule has 0 spiro atoms. The first kappa shape index (κ1) is 18.2. The maximum absolute atomic E-state index is 14.6. The van der Waals surface area contributed by atoms with Crippen molar-refractivity contribution in [3.63, 3.8) is 0 Å². The van der Waals surface area contributed by atoms with Crippen molar-refractivity contribution in [1.82, 2.24) is 10.3 Å². The zero-order chi connectivity index (χ0) is 19.8. The Bertz CT molecular complexity index is 1070. The lowest BCUT2D eigenvalue weighted by atomic mass is 9.98. The minimum Gasteiger partial charge on any atom is -0.392 e. The summed E-state index contributed by atoms with van der Waals surface area (Å²) in [5.41, 5.74) is 2.34. The first-order valence-electron chi connectivity index (χ1n) is 8.90. The van der Waals surface area contributed by atoms with Gasteiger partial charge in [0.15, 0.2) is 5.78 Å². The molecule has 3 heterocycles. The van der Waals surface area contributed by atoms with Crippen LogP contribution in [-0.4, -0.2) is 40.5 Å². The predicted octanol–water partition coefficient (Wildman–Crippen LogP) is 1.92. The molecule has 0 bridgehead atoms. The molecule has 1 aromatic carbocycles. The highest BCUT2D eigenvalue weighted by Crippen LogP contribution is 2.36. The van der Waals surface area contributed by atoms with Crippen molar-refractivity contribution in [3.05, 3.63) is 52.6 Å². The Kier molecular flexibility index (Phi) is 4.59. The summed E-state index contributed by atoms with van der Waals surface area (Å²) in [7, 11) is 0. The molecule has 1 amide bonds. The van der Waals surface area contributed by atoms with Gasteiger partial charge in [0.25, 0.3) is 5.91 Å². The Balaban J connectivity index is 1.76. The van der Waals surface area contributed by atoms with Gasteiger partial charge in [0.1, 0.15) is 5.82 Å². The summed E-state index contributed by atoms with van der Waals surface area (Å²) in [5, 5.41) is 15.4. The van der Waals surface area contributed by atoms with Crippen LogP contribution in [0.3, 0.4) is 0 Å². The van der Waals surface area contributed by atoms with E-state index >= 15 is 0 Å². The lowest BCUT2D eigenvalue weighted by Gasteiger charge is -2.05. The van der Waals surface area contributed by atoms with E-state index in [0.29, 0.717) is 35.5 Å². The minimum atomic E-state index is -0.525. The van der Waals surface area contributed by atoms with Gasteiger partial charge in [0, 0.05) is 36.0 Å². The Hall–Kier alpha value is -3.21. The molecule has 142 valence electrons. The van der Waals surface area contributed by atoms with Crippen LogP contribution in [-0.2, 0) is 4.79 Å². The van der Waals surface area contributed by atoms with E-state index in [1.165, 1.54) is 19.1 Å². The molecule has 1 fully saturated rings. The van der Waals surface area contributed by atoms with Gasteiger partial charge < -0.3 is 20.7 Å². The predicted molar refractivity (Wildman–Crippen MR) is 103 cm³/mol. The van der Waals surface area contributed by atoms with Gasteiger partial charge in [-0.15, -0.1) is 0 Å². The van der Waals surface area contributed by atoms with Gasteiger partial charge in [-0.1, -0.05) is 11.8 Å². The number of fused-ring (bicyclic) bond motifs is 1. The summed E-state index contributed by atoms with van der Waals surface area (Å²) < 4.78 is 14.6. The summed E-state index contributed by atoms with van der Waals surface area (Å²) in [5.74, 6) is 4.79. The van der Waals surface area contributed by atoms with E-state index in [0.717, 1.165) is 0 Å². The molecule has 7 heteroatoms. The van der Waals surface area contributed by atoms with Crippen LogP contribution in [0.1, 0.15) is 40.5 Å². The fraction of sp³-hybridized carbons (Fsp3) is 0.238. The third-order valence-electron chi connectivity index (χ3n) is 4.81. The number of ketones is 1. The van der Waals surface area contributed by atoms with Gasteiger partial charge in [0.2, 0.25) is 0 Å². The molecule has 2 aliphatic heterocycles. The molecule has 4 rings (SSSR count). The van der Waals surface area contributed by atoms with E-state index in [1.54, 1.807) is 18.3 Å². The van der Waals surface area contributed by atoms with Crippen molar-refractivity contribution < 1.29 is 19.1 Å². The van der Waals surface area contributed by atoms with E-state index in [2.05, 4.69) is 27.5 Å². The molecule has 0 unspecified atom stereocenters. The van der Waals surface area contributed by atoms with Crippen LogP contribution < -0.4 is 10.6 Å². The number of benzene rings is 1. The molecule has 2 aromatic rings. The average molecular weight is 379 g/mol. The summed E-state index contributed by atoms with van der Waals surface area (Å²) >= 11 is 0. The summed E-state index contributed by atoms with van der Waals surface area (Å²) in [6.45, 7) is 1.90. The number of H-pyrrole nitrogens is 1. The lowest BCUT2D eigenvalue weighted by Crippen LogP contribution is -2.19. The molecular formula is C21H18FN3O3. The van der Waals surface area contributed by atoms with Crippen LogP contribution in [0.15, 0.2) is 24.4 Å². The first-order valence-corrected chi connectivity index (χ1v) is 8.90. The van der Waals surface area contributed by atoms with Gasteiger partial charge in [-0.05, 0) is 31.2 Å². The third kappa shape index (κ3) is 3.36. The molecule has 4 N–H and O–H groups in total. The van der Waals surface area contributed by atoms with Gasteiger partial charge in [-0.3, -0.25) is 9.59 Å². The van der Waals surface area contributed by atoms with E-state index in [9.17, 15) is 19.1 Å². The minimum absolute atomic E-state index is 0.0963. The number of Topliss-reactive ketones (excluding diaryl/α,β-unsaturated/α-hetero) is 1. The molecule has 0 saturated carbocycles. The van der Waals surface area contributed by atoms with Crippen molar-refractivity contribution >= 4 is 29.0 Å². The van der Waals surface area contributed by atoms with Crippen LogP contribution in [0.2, 0.25) is 0 Å². The Morgan fingerprint density at radius 1 is 1.39 bits per heavy atom. The fourth-order valence-corrected chi connectivity index (χ4v) is 3.36. The highest BCUT2D eigenvalue weighted by atomic mass is 19.1. The smallest absolute Gasteiger partial charge is 0.256 e. The molecule has 0 radical (unpaired) electrons. The summed E-state index contributed by atoms with van der Waals surface area (Å²) in [6, 6.07) is 4.17. The first-order chi connectivity index (χ1) is 13.4. The standard InChI is InChI=1S/C21H18FN3O3/c1-11(26)12-6-14(23-9-12)8-17-20-16(3-2-13-7-15(27)10-24-13)18(22)4-5-19(20)25-21(17)28/h4-6,8-9,13,15,23-24,27H,7,10H2,1H3,(H,25,28)/b17-8-/t13-,15-/m1/s1. The van der Waals surface area contributed by atoms with Crippen molar-refractivity contribution in [2.45, 2.75) is 25.5 Å². The molecular weight excluding hydrogens is 361 g/mol. The van der Waals surface area contributed by atoms with Crippen LogP contribution in [0.4, 0.5) is 10.1 Å². The van der Waals surface area contributed by atoms with Crippen LogP contribution >= 0.6 is 0 Å². The summed E-state index contributed by atoms with van der Waals surface area (Å²) in [6.07, 6.45) is 3.15. The third-order valence-corrected chi connectivity index (χ3v) is 4.81. The number of anilines is 1. The second-order valence-electron chi connectivity index (χ2n) is 6.88. The zero-order valence-electron chi connectivity index (χ0n) is 15.1. The Morgan fingerprint density at radius 2 is 2.21 bits per heavy atom. The largest absolute Gasteiger partial charge is 0.392 e. The molecule has 2 atom stereocenters. The van der Waals surface area contributed by atoms with Crippen molar-refractivity contribution in [3.8, 4) is 11.8 Å². The van der Waals surface area contributed by atoms with Crippen LogP contribution in [0, 0.1) is 17.7 Å². The Morgan fingerprint density at radius 3 is 2.89 bits per heavy atom. The monoisotopic (exact) mass is 379 g/mol. The fourth-order valence-electron chi connectivity index (χ4n) is 3.36. The molecule has 1 saturated heterocycles. The second kappa shape index (κ2) is 7.08. The van der Waals surface area contributed by atoms with Crippen molar-refractivity contribution in [2.24, 2.45) is 0 Å². The number of aromatic nitrogens is 1. The van der Waals surface area contributed by atoms with Gasteiger partial charge in [0.05, 0.1) is 29.0 Å². The van der Waals surface area contributed by atoms with E-state index in [1.807, 2.05) is 0 Å². The number of aliphatic hydroxyl groups is 1. The molecule has 1 aromatic heterocycles. The molecule has 6 nitrogen and oxygen atoms in total. The number of aromatic amines is 1. The van der Waals surface area contributed by atoms with E-state index in [-0.39, 0.29) is 28.9 Å². The van der Waals surface area contributed by atoms with Crippen molar-refractivity contribution in [2.75, 3.05) is 11.9 Å². The lowest BCUT2D eigenvalue weighted by molar-refractivity contribution is -0.110. The normalized spacial score (nSPS) is 22.0.